The first-order chi connectivity index (χ1) is 6.29. The zero-order chi connectivity index (χ0) is 9.26. The van der Waals surface area contributed by atoms with E-state index in [0.717, 1.165) is 5.69 Å². The first-order valence-electron chi connectivity index (χ1n) is 3.91. The van der Waals surface area contributed by atoms with Crippen LogP contribution >= 0.6 is 0 Å². The lowest BCUT2D eigenvalue weighted by atomic mass is 10.2. The van der Waals surface area contributed by atoms with E-state index in [-0.39, 0.29) is 0 Å². The molecule has 0 atom stereocenters. The summed E-state index contributed by atoms with van der Waals surface area (Å²) >= 11 is 0. The van der Waals surface area contributed by atoms with Gasteiger partial charge in [0.1, 0.15) is 0 Å². The number of anilines is 2. The number of para-hydroxylation sites is 1. The fourth-order valence-electron chi connectivity index (χ4n) is 1.20. The number of nitrogens with two attached hydrogens (primary N) is 2. The smallest absolute Gasteiger partial charge is 0.0992 e. The Morgan fingerprint density at radius 2 is 2.08 bits per heavy atom. The third kappa shape index (κ3) is 1.22. The minimum Gasteiger partial charge on any atom is -0.397 e. The molecular weight excluding hydrogens is 164 g/mol. The zero-order valence-electron chi connectivity index (χ0n) is 7.01. The Labute approximate surface area is 75.8 Å². The highest BCUT2D eigenvalue weighted by Crippen LogP contribution is 2.22. The molecule has 2 rings (SSSR count). The minimum atomic E-state index is 0.584. The van der Waals surface area contributed by atoms with Crippen LogP contribution in [0.4, 0.5) is 11.4 Å². The predicted molar refractivity (Wildman–Crippen MR) is 52.4 cm³/mol. The van der Waals surface area contributed by atoms with Gasteiger partial charge >= 0.3 is 0 Å². The van der Waals surface area contributed by atoms with Crippen molar-refractivity contribution >= 4 is 11.4 Å². The van der Waals surface area contributed by atoms with Crippen molar-refractivity contribution in [2.24, 2.45) is 0 Å². The number of nitrogen functional groups attached to an aromatic ring is 2. The Hall–Kier alpha value is -1.97. The second kappa shape index (κ2) is 2.82. The topological polar surface area (TPSA) is 69.9 Å². The van der Waals surface area contributed by atoms with Gasteiger partial charge < -0.3 is 16.0 Å². The van der Waals surface area contributed by atoms with Crippen LogP contribution in [0.2, 0.25) is 0 Å². The summed E-state index contributed by atoms with van der Waals surface area (Å²) in [4.78, 5) is 3.94. The van der Waals surface area contributed by atoms with Gasteiger partial charge in [-0.15, -0.1) is 0 Å². The minimum absolute atomic E-state index is 0.584. The van der Waals surface area contributed by atoms with Gasteiger partial charge in [0.15, 0.2) is 0 Å². The van der Waals surface area contributed by atoms with Crippen LogP contribution in [0, 0.1) is 0 Å². The van der Waals surface area contributed by atoms with Crippen molar-refractivity contribution in [3.63, 3.8) is 0 Å². The third-order valence-corrected chi connectivity index (χ3v) is 1.90. The van der Waals surface area contributed by atoms with Crippen molar-refractivity contribution in [1.82, 2.24) is 9.55 Å². The molecule has 4 N–H and O–H groups in total. The van der Waals surface area contributed by atoms with E-state index in [1.165, 1.54) is 0 Å². The fraction of sp³-hybridized carbons (Fsp3) is 0. The average molecular weight is 174 g/mol. The van der Waals surface area contributed by atoms with Crippen molar-refractivity contribution in [2.45, 2.75) is 0 Å². The number of rotatable bonds is 1. The molecule has 1 aromatic carbocycles. The molecule has 0 amide bonds. The SMILES string of the molecule is Nc1cccc(-n2ccnc2)c1N. The molecular formula is C9H10N4. The van der Waals surface area contributed by atoms with E-state index in [4.69, 9.17) is 11.5 Å². The number of hydrogen-bond acceptors (Lipinski definition) is 3. The normalized spacial score (nSPS) is 10.2. The van der Waals surface area contributed by atoms with Crippen LogP contribution in [0.1, 0.15) is 0 Å². The molecule has 0 aliphatic heterocycles. The quantitative estimate of drug-likeness (QED) is 0.634. The highest BCUT2D eigenvalue weighted by atomic mass is 15.0. The lowest BCUT2D eigenvalue weighted by Crippen LogP contribution is -2.01. The van der Waals surface area contributed by atoms with Gasteiger partial charge in [0, 0.05) is 12.4 Å². The number of aromatic nitrogens is 2. The molecule has 0 aliphatic rings. The fourth-order valence-corrected chi connectivity index (χ4v) is 1.20. The summed E-state index contributed by atoms with van der Waals surface area (Å²) in [6, 6.07) is 5.53. The van der Waals surface area contributed by atoms with E-state index in [0.29, 0.717) is 11.4 Å². The van der Waals surface area contributed by atoms with Crippen LogP contribution in [0.5, 0.6) is 0 Å². The van der Waals surface area contributed by atoms with Crippen molar-refractivity contribution in [3.8, 4) is 5.69 Å². The molecule has 13 heavy (non-hydrogen) atoms. The molecule has 4 nitrogen and oxygen atoms in total. The Bertz CT molecular complexity index is 406. The summed E-state index contributed by atoms with van der Waals surface area (Å²) in [5, 5.41) is 0. The van der Waals surface area contributed by atoms with E-state index in [1.54, 1.807) is 18.6 Å². The summed E-state index contributed by atoms with van der Waals surface area (Å²) in [6.45, 7) is 0. The molecule has 4 heteroatoms. The van der Waals surface area contributed by atoms with Gasteiger partial charge in [-0.1, -0.05) is 6.07 Å². The van der Waals surface area contributed by atoms with Crippen LogP contribution in [-0.2, 0) is 0 Å². The molecule has 0 spiro atoms. The predicted octanol–water partition coefficient (Wildman–Crippen LogP) is 1.04. The highest BCUT2D eigenvalue weighted by Gasteiger charge is 2.02. The van der Waals surface area contributed by atoms with Crippen LogP contribution in [0.15, 0.2) is 36.9 Å². The maximum atomic E-state index is 5.80. The van der Waals surface area contributed by atoms with Gasteiger partial charge in [-0.25, -0.2) is 4.98 Å². The van der Waals surface area contributed by atoms with Crippen molar-refractivity contribution in [2.75, 3.05) is 11.5 Å². The second-order valence-corrected chi connectivity index (χ2v) is 2.75. The number of nitrogens with zero attached hydrogens (tertiary/aromatic N) is 2. The molecule has 0 radical (unpaired) electrons. The van der Waals surface area contributed by atoms with Crippen LogP contribution < -0.4 is 11.5 Å². The Kier molecular flexibility index (Phi) is 1.66. The first-order valence-corrected chi connectivity index (χ1v) is 3.91. The molecule has 0 fully saturated rings. The summed E-state index contributed by atoms with van der Waals surface area (Å²) < 4.78 is 1.83. The average Bonchev–Trinajstić information content (AvgIpc) is 2.62. The van der Waals surface area contributed by atoms with Crippen molar-refractivity contribution in [3.05, 3.63) is 36.9 Å². The first kappa shape index (κ1) is 7.67. The summed E-state index contributed by atoms with van der Waals surface area (Å²) in [6.07, 6.45) is 5.21. The monoisotopic (exact) mass is 174 g/mol. The maximum absolute atomic E-state index is 5.80. The molecule has 0 aliphatic carbocycles. The molecule has 0 saturated heterocycles. The number of imidazole rings is 1. The zero-order valence-corrected chi connectivity index (χ0v) is 7.01. The molecule has 66 valence electrons. The lowest BCUT2D eigenvalue weighted by Gasteiger charge is -2.07. The third-order valence-electron chi connectivity index (χ3n) is 1.90. The van der Waals surface area contributed by atoms with E-state index < -0.39 is 0 Å². The van der Waals surface area contributed by atoms with Gasteiger partial charge in [-0.3, -0.25) is 0 Å². The van der Waals surface area contributed by atoms with Crippen LogP contribution in [0.25, 0.3) is 5.69 Å². The standard InChI is InChI=1S/C9H10N4/c10-7-2-1-3-8(9(7)11)13-5-4-12-6-13/h1-6H,10-11H2. The Morgan fingerprint density at radius 3 is 2.77 bits per heavy atom. The van der Waals surface area contributed by atoms with E-state index in [2.05, 4.69) is 4.98 Å². The summed E-state index contributed by atoms with van der Waals surface area (Å²) in [5.74, 6) is 0. The number of hydrogen-bond donors (Lipinski definition) is 2. The molecule has 0 bridgehead atoms. The molecule has 0 saturated carbocycles. The molecule has 2 aromatic rings. The van der Waals surface area contributed by atoms with E-state index in [9.17, 15) is 0 Å². The maximum Gasteiger partial charge on any atom is 0.0992 e. The van der Waals surface area contributed by atoms with Gasteiger partial charge in [-0.05, 0) is 12.1 Å². The van der Waals surface area contributed by atoms with Crippen molar-refractivity contribution in [1.29, 1.82) is 0 Å². The Balaban J connectivity index is 2.59. The second-order valence-electron chi connectivity index (χ2n) is 2.75. The van der Waals surface area contributed by atoms with Crippen LogP contribution in [0.3, 0.4) is 0 Å². The van der Waals surface area contributed by atoms with Gasteiger partial charge in [0.05, 0.1) is 23.4 Å². The van der Waals surface area contributed by atoms with Gasteiger partial charge in [-0.2, -0.15) is 0 Å². The Morgan fingerprint density at radius 1 is 1.23 bits per heavy atom. The highest BCUT2D eigenvalue weighted by molar-refractivity contribution is 5.73. The van der Waals surface area contributed by atoms with E-state index in [1.807, 2.05) is 22.9 Å². The van der Waals surface area contributed by atoms with Crippen molar-refractivity contribution < 1.29 is 0 Å². The van der Waals surface area contributed by atoms with Crippen LogP contribution in [-0.4, -0.2) is 9.55 Å². The lowest BCUT2D eigenvalue weighted by molar-refractivity contribution is 1.06. The van der Waals surface area contributed by atoms with Gasteiger partial charge in [0.2, 0.25) is 0 Å². The molecule has 0 unspecified atom stereocenters. The molecule has 1 heterocycles. The van der Waals surface area contributed by atoms with Gasteiger partial charge in [0.25, 0.3) is 0 Å². The molecule has 1 aromatic heterocycles. The summed E-state index contributed by atoms with van der Waals surface area (Å²) in [7, 11) is 0. The van der Waals surface area contributed by atoms with E-state index >= 15 is 0 Å². The largest absolute Gasteiger partial charge is 0.397 e. The summed E-state index contributed by atoms with van der Waals surface area (Å²) in [5.41, 5.74) is 13.5. The number of benzene rings is 1.